The van der Waals surface area contributed by atoms with Crippen LogP contribution in [-0.2, 0) is 6.54 Å². The number of hydrogen-bond acceptors (Lipinski definition) is 3. The monoisotopic (exact) mass is 249 g/mol. The fourth-order valence-electron chi connectivity index (χ4n) is 1.85. The Morgan fingerprint density at radius 3 is 2.67 bits per heavy atom. The number of aromatic nitrogens is 1. The molecule has 102 valence electrons. The summed E-state index contributed by atoms with van der Waals surface area (Å²) in [5.41, 5.74) is 2.41. The van der Waals surface area contributed by atoms with Gasteiger partial charge in [-0.1, -0.05) is 27.2 Å². The van der Waals surface area contributed by atoms with E-state index in [0.717, 1.165) is 24.6 Å². The fraction of sp³-hybridized carbons (Fsp3) is 0.667. The van der Waals surface area contributed by atoms with E-state index in [4.69, 9.17) is 0 Å². The third kappa shape index (κ3) is 5.05. The van der Waals surface area contributed by atoms with Gasteiger partial charge in [-0.3, -0.25) is 0 Å². The number of aryl methyl sites for hydroxylation is 1. The van der Waals surface area contributed by atoms with Crippen LogP contribution in [0.5, 0.6) is 0 Å². The lowest BCUT2D eigenvalue weighted by Crippen LogP contribution is -2.23. The third-order valence-electron chi connectivity index (χ3n) is 2.95. The molecule has 1 aromatic heterocycles. The molecule has 18 heavy (non-hydrogen) atoms. The van der Waals surface area contributed by atoms with Crippen molar-refractivity contribution in [1.29, 1.82) is 0 Å². The summed E-state index contributed by atoms with van der Waals surface area (Å²) in [4.78, 5) is 6.86. The van der Waals surface area contributed by atoms with Crippen molar-refractivity contribution in [2.45, 2.75) is 53.1 Å². The van der Waals surface area contributed by atoms with Crippen LogP contribution >= 0.6 is 0 Å². The van der Waals surface area contributed by atoms with E-state index >= 15 is 0 Å². The molecule has 0 atom stereocenters. The number of unbranched alkanes of at least 4 members (excludes halogenated alkanes) is 1. The molecule has 0 radical (unpaired) electrons. The highest BCUT2D eigenvalue weighted by Gasteiger charge is 2.05. The smallest absolute Gasteiger partial charge is 0.128 e. The molecule has 0 aliphatic carbocycles. The van der Waals surface area contributed by atoms with Gasteiger partial charge in [-0.05, 0) is 31.0 Å². The average molecular weight is 249 g/mol. The summed E-state index contributed by atoms with van der Waals surface area (Å²) >= 11 is 0. The maximum atomic E-state index is 4.61. The van der Waals surface area contributed by atoms with E-state index in [0.29, 0.717) is 6.04 Å². The molecule has 0 aliphatic heterocycles. The maximum Gasteiger partial charge on any atom is 0.128 e. The van der Waals surface area contributed by atoms with E-state index in [1.165, 1.54) is 18.4 Å². The number of rotatable bonds is 7. The Bertz CT molecular complexity index is 361. The van der Waals surface area contributed by atoms with Gasteiger partial charge in [-0.15, -0.1) is 0 Å². The van der Waals surface area contributed by atoms with Crippen LogP contribution in [0.2, 0.25) is 0 Å². The van der Waals surface area contributed by atoms with E-state index in [1.54, 1.807) is 0 Å². The third-order valence-corrected chi connectivity index (χ3v) is 2.95. The summed E-state index contributed by atoms with van der Waals surface area (Å²) in [5.74, 6) is 1.09. The van der Waals surface area contributed by atoms with Gasteiger partial charge in [0, 0.05) is 31.9 Å². The van der Waals surface area contributed by atoms with Crippen molar-refractivity contribution in [2.75, 3.05) is 18.5 Å². The molecule has 1 aromatic rings. The van der Waals surface area contributed by atoms with Gasteiger partial charge in [0.2, 0.25) is 0 Å². The number of hydrogen-bond donors (Lipinski definition) is 1. The van der Waals surface area contributed by atoms with Crippen LogP contribution < -0.4 is 10.2 Å². The normalized spacial score (nSPS) is 11.0. The molecule has 0 aromatic carbocycles. The molecule has 3 nitrogen and oxygen atoms in total. The van der Waals surface area contributed by atoms with Gasteiger partial charge >= 0.3 is 0 Å². The Kier molecular flexibility index (Phi) is 6.13. The van der Waals surface area contributed by atoms with E-state index in [9.17, 15) is 0 Å². The van der Waals surface area contributed by atoms with E-state index < -0.39 is 0 Å². The van der Waals surface area contributed by atoms with Crippen molar-refractivity contribution in [3.05, 3.63) is 23.4 Å². The van der Waals surface area contributed by atoms with Crippen molar-refractivity contribution < 1.29 is 0 Å². The minimum Gasteiger partial charge on any atom is -0.360 e. The quantitative estimate of drug-likeness (QED) is 0.804. The lowest BCUT2D eigenvalue weighted by Gasteiger charge is -2.19. The summed E-state index contributed by atoms with van der Waals surface area (Å²) in [6.07, 6.45) is 2.43. The molecule has 3 heteroatoms. The number of nitrogens with one attached hydrogen (secondary N) is 1. The number of anilines is 1. The van der Waals surface area contributed by atoms with E-state index in [2.05, 4.69) is 62.1 Å². The molecule has 1 N–H and O–H groups in total. The first kappa shape index (κ1) is 15.0. The topological polar surface area (TPSA) is 28.2 Å². The van der Waals surface area contributed by atoms with E-state index in [1.807, 2.05) is 0 Å². The highest BCUT2D eigenvalue weighted by molar-refractivity contribution is 5.41. The van der Waals surface area contributed by atoms with Crippen LogP contribution in [0.4, 0.5) is 5.82 Å². The molecule has 0 saturated carbocycles. The Balaban J connectivity index is 2.73. The van der Waals surface area contributed by atoms with Gasteiger partial charge in [0.05, 0.1) is 0 Å². The first-order chi connectivity index (χ1) is 8.52. The fourth-order valence-corrected chi connectivity index (χ4v) is 1.85. The second-order valence-corrected chi connectivity index (χ2v) is 5.29. The van der Waals surface area contributed by atoms with Crippen LogP contribution in [0.1, 0.15) is 44.9 Å². The molecule has 0 bridgehead atoms. The predicted octanol–water partition coefficient (Wildman–Crippen LogP) is 3.12. The summed E-state index contributed by atoms with van der Waals surface area (Å²) in [6.45, 7) is 10.6. The summed E-state index contributed by atoms with van der Waals surface area (Å²) in [7, 11) is 2.12. The molecule has 0 saturated heterocycles. The first-order valence-corrected chi connectivity index (χ1v) is 6.95. The molecule has 0 unspecified atom stereocenters. The molecule has 0 spiro atoms. The van der Waals surface area contributed by atoms with Crippen molar-refractivity contribution in [3.8, 4) is 0 Å². The summed E-state index contributed by atoms with van der Waals surface area (Å²) in [5, 5.41) is 3.45. The molecule has 0 fully saturated rings. The van der Waals surface area contributed by atoms with Gasteiger partial charge < -0.3 is 10.2 Å². The highest BCUT2D eigenvalue weighted by atomic mass is 15.2. The van der Waals surface area contributed by atoms with Crippen LogP contribution in [0.15, 0.2) is 12.1 Å². The van der Waals surface area contributed by atoms with Gasteiger partial charge in [0.1, 0.15) is 5.82 Å². The van der Waals surface area contributed by atoms with Crippen molar-refractivity contribution in [1.82, 2.24) is 10.3 Å². The van der Waals surface area contributed by atoms with Crippen LogP contribution in [0.25, 0.3) is 0 Å². The number of pyridine rings is 1. The van der Waals surface area contributed by atoms with Gasteiger partial charge in [-0.25, -0.2) is 4.98 Å². The minimum atomic E-state index is 0.514. The standard InChI is InChI=1S/C15H27N3/c1-6-7-8-18(5)15-10-14(9-13(4)17-15)11-16-12(2)3/h9-10,12,16H,6-8,11H2,1-5H3. The second kappa shape index (κ2) is 7.37. The van der Waals surface area contributed by atoms with Gasteiger partial charge in [0.15, 0.2) is 0 Å². The SMILES string of the molecule is CCCCN(C)c1cc(CNC(C)C)cc(C)n1. The molecule has 0 amide bonds. The predicted molar refractivity (Wildman–Crippen MR) is 79.1 cm³/mol. The van der Waals surface area contributed by atoms with Crippen molar-refractivity contribution >= 4 is 5.82 Å². The molecular weight excluding hydrogens is 222 g/mol. The minimum absolute atomic E-state index is 0.514. The second-order valence-electron chi connectivity index (χ2n) is 5.29. The molecule has 0 aliphatic rings. The Labute approximate surface area is 112 Å². The Morgan fingerprint density at radius 2 is 2.06 bits per heavy atom. The van der Waals surface area contributed by atoms with Crippen LogP contribution in [-0.4, -0.2) is 24.6 Å². The zero-order valence-electron chi connectivity index (χ0n) is 12.5. The van der Waals surface area contributed by atoms with Crippen molar-refractivity contribution in [2.24, 2.45) is 0 Å². The van der Waals surface area contributed by atoms with Crippen molar-refractivity contribution in [3.63, 3.8) is 0 Å². The summed E-state index contributed by atoms with van der Waals surface area (Å²) < 4.78 is 0. The zero-order chi connectivity index (χ0) is 13.5. The Hall–Kier alpha value is -1.09. The maximum absolute atomic E-state index is 4.61. The molecular formula is C15H27N3. The van der Waals surface area contributed by atoms with E-state index in [-0.39, 0.29) is 0 Å². The highest BCUT2D eigenvalue weighted by Crippen LogP contribution is 2.14. The number of nitrogens with zero attached hydrogens (tertiary/aromatic N) is 2. The van der Waals surface area contributed by atoms with Gasteiger partial charge in [0.25, 0.3) is 0 Å². The lowest BCUT2D eigenvalue weighted by molar-refractivity contribution is 0.588. The molecule has 1 rings (SSSR count). The summed E-state index contributed by atoms with van der Waals surface area (Å²) in [6, 6.07) is 4.87. The Morgan fingerprint density at radius 1 is 1.33 bits per heavy atom. The van der Waals surface area contributed by atoms with Crippen LogP contribution in [0, 0.1) is 6.92 Å². The van der Waals surface area contributed by atoms with Gasteiger partial charge in [-0.2, -0.15) is 0 Å². The average Bonchev–Trinajstić information content (AvgIpc) is 2.32. The first-order valence-electron chi connectivity index (χ1n) is 6.95. The molecule has 1 heterocycles. The van der Waals surface area contributed by atoms with Crippen LogP contribution in [0.3, 0.4) is 0 Å². The lowest BCUT2D eigenvalue weighted by atomic mass is 10.2. The largest absolute Gasteiger partial charge is 0.360 e. The zero-order valence-corrected chi connectivity index (χ0v) is 12.5.